The maximum atomic E-state index is 12.8. The quantitative estimate of drug-likeness (QED) is 0.584. The van der Waals surface area contributed by atoms with E-state index in [4.69, 9.17) is 14.2 Å². The normalized spacial score (nSPS) is 14.0. The molecule has 8 nitrogen and oxygen atoms in total. The van der Waals surface area contributed by atoms with Crippen LogP contribution in [0.4, 0.5) is 11.5 Å². The van der Waals surface area contributed by atoms with Gasteiger partial charge in [-0.3, -0.25) is 4.79 Å². The Bertz CT molecular complexity index is 1100. The molecule has 2 aromatic carbocycles. The van der Waals surface area contributed by atoms with Crippen LogP contribution in [0.1, 0.15) is 12.8 Å². The van der Waals surface area contributed by atoms with Gasteiger partial charge in [0.15, 0.2) is 17.3 Å². The van der Waals surface area contributed by atoms with Crippen LogP contribution in [-0.2, 0) is 4.79 Å². The lowest BCUT2D eigenvalue weighted by Crippen LogP contribution is -2.38. The van der Waals surface area contributed by atoms with Gasteiger partial charge in [-0.1, -0.05) is 12.1 Å². The van der Waals surface area contributed by atoms with Gasteiger partial charge in [0.2, 0.25) is 5.91 Å². The summed E-state index contributed by atoms with van der Waals surface area (Å²) in [5.41, 5.74) is 2.36. The molecule has 0 saturated carbocycles. The van der Waals surface area contributed by atoms with E-state index in [1.165, 1.54) is 0 Å². The van der Waals surface area contributed by atoms with Crippen molar-refractivity contribution >= 4 is 17.4 Å². The van der Waals surface area contributed by atoms with Gasteiger partial charge in [-0.25, -0.2) is 0 Å². The molecular weight excluding hydrogens is 420 g/mol. The second-order valence-electron chi connectivity index (χ2n) is 7.80. The number of nitrogens with zero attached hydrogens (tertiary/aromatic N) is 3. The maximum absolute atomic E-state index is 12.8. The predicted molar refractivity (Wildman–Crippen MR) is 127 cm³/mol. The van der Waals surface area contributed by atoms with E-state index in [1.54, 1.807) is 33.5 Å². The smallest absolute Gasteiger partial charge is 0.227 e. The molecule has 4 rings (SSSR count). The molecule has 0 radical (unpaired) electrons. The van der Waals surface area contributed by atoms with Crippen LogP contribution in [0.15, 0.2) is 54.6 Å². The zero-order chi connectivity index (χ0) is 23.2. The van der Waals surface area contributed by atoms with Crippen molar-refractivity contribution in [2.24, 2.45) is 5.92 Å². The molecule has 0 atom stereocenters. The fraction of sp³-hybridized carbons (Fsp3) is 0.320. The number of hydrogen-bond donors (Lipinski definition) is 1. The molecule has 0 aliphatic carbocycles. The molecule has 33 heavy (non-hydrogen) atoms. The predicted octanol–water partition coefficient (Wildman–Crippen LogP) is 4.02. The first kappa shape index (κ1) is 22.4. The van der Waals surface area contributed by atoms with Crippen molar-refractivity contribution < 1.29 is 19.0 Å². The van der Waals surface area contributed by atoms with Gasteiger partial charge < -0.3 is 24.4 Å². The molecule has 1 amide bonds. The lowest BCUT2D eigenvalue weighted by atomic mass is 9.95. The number of methoxy groups -OCH3 is 3. The summed E-state index contributed by atoms with van der Waals surface area (Å²) in [5, 5.41) is 11.8. The van der Waals surface area contributed by atoms with Crippen LogP contribution in [0.2, 0.25) is 0 Å². The summed E-state index contributed by atoms with van der Waals surface area (Å²) >= 11 is 0. The van der Waals surface area contributed by atoms with Crippen LogP contribution in [0.25, 0.3) is 11.3 Å². The lowest BCUT2D eigenvalue weighted by molar-refractivity contribution is -0.120. The number of piperidine rings is 1. The van der Waals surface area contributed by atoms with E-state index >= 15 is 0 Å². The van der Waals surface area contributed by atoms with Crippen molar-refractivity contribution in [2.45, 2.75) is 12.8 Å². The number of aromatic nitrogens is 2. The number of ether oxygens (including phenoxy) is 3. The molecule has 3 aromatic rings. The lowest BCUT2D eigenvalue weighted by Gasteiger charge is -2.31. The Morgan fingerprint density at radius 3 is 2.27 bits per heavy atom. The average molecular weight is 449 g/mol. The Morgan fingerprint density at radius 1 is 0.879 bits per heavy atom. The van der Waals surface area contributed by atoms with Crippen molar-refractivity contribution in [1.82, 2.24) is 10.2 Å². The number of amides is 1. The van der Waals surface area contributed by atoms with Crippen molar-refractivity contribution in [2.75, 3.05) is 44.6 Å². The van der Waals surface area contributed by atoms with E-state index in [-0.39, 0.29) is 11.8 Å². The number of rotatable bonds is 7. The van der Waals surface area contributed by atoms with E-state index in [0.29, 0.717) is 17.2 Å². The van der Waals surface area contributed by atoms with E-state index in [0.717, 1.165) is 48.8 Å². The highest BCUT2D eigenvalue weighted by Gasteiger charge is 2.26. The molecule has 0 unspecified atom stereocenters. The van der Waals surface area contributed by atoms with Crippen molar-refractivity contribution in [3.8, 4) is 28.5 Å². The van der Waals surface area contributed by atoms with Gasteiger partial charge >= 0.3 is 0 Å². The van der Waals surface area contributed by atoms with Crippen LogP contribution < -0.4 is 24.4 Å². The standard InChI is InChI=1S/C25H28N4O4/c1-31-21-7-5-4-6-19(21)20-9-11-24(28-27-20)29-14-12-17(13-15-29)25(30)26-18-8-10-22(32-2)23(16-18)33-3/h4-11,16-17H,12-15H2,1-3H3,(H,26,30). The molecule has 1 aromatic heterocycles. The minimum Gasteiger partial charge on any atom is -0.496 e. The number of anilines is 2. The number of benzene rings is 2. The number of carbonyl (C=O) groups is 1. The van der Waals surface area contributed by atoms with Crippen molar-refractivity contribution in [3.63, 3.8) is 0 Å². The summed E-state index contributed by atoms with van der Waals surface area (Å²) in [5.74, 6) is 2.74. The summed E-state index contributed by atoms with van der Waals surface area (Å²) in [7, 11) is 4.80. The van der Waals surface area contributed by atoms with E-state index in [1.807, 2.05) is 42.5 Å². The van der Waals surface area contributed by atoms with Gasteiger partial charge in [-0.05, 0) is 49.2 Å². The van der Waals surface area contributed by atoms with Crippen molar-refractivity contribution in [1.29, 1.82) is 0 Å². The maximum Gasteiger partial charge on any atom is 0.227 e. The van der Waals surface area contributed by atoms with Crippen LogP contribution >= 0.6 is 0 Å². The zero-order valence-electron chi connectivity index (χ0n) is 19.1. The summed E-state index contributed by atoms with van der Waals surface area (Å²) in [6, 6.07) is 17.0. The molecular formula is C25H28N4O4. The average Bonchev–Trinajstić information content (AvgIpc) is 2.88. The van der Waals surface area contributed by atoms with Gasteiger partial charge in [-0.2, -0.15) is 0 Å². The first-order valence-electron chi connectivity index (χ1n) is 10.9. The molecule has 1 fully saturated rings. The number of carbonyl (C=O) groups excluding carboxylic acids is 1. The van der Waals surface area contributed by atoms with E-state index in [9.17, 15) is 4.79 Å². The Labute approximate surface area is 193 Å². The van der Waals surface area contributed by atoms with Crippen LogP contribution in [0, 0.1) is 5.92 Å². The number of nitrogens with one attached hydrogen (secondary N) is 1. The third-order valence-corrected chi connectivity index (χ3v) is 5.87. The monoisotopic (exact) mass is 448 g/mol. The summed E-state index contributed by atoms with van der Waals surface area (Å²) in [6.45, 7) is 1.49. The molecule has 1 saturated heterocycles. The fourth-order valence-corrected chi connectivity index (χ4v) is 4.02. The van der Waals surface area contributed by atoms with Gasteiger partial charge in [0.25, 0.3) is 0 Å². The molecule has 8 heteroatoms. The largest absolute Gasteiger partial charge is 0.496 e. The highest BCUT2D eigenvalue weighted by atomic mass is 16.5. The molecule has 2 heterocycles. The summed E-state index contributed by atoms with van der Waals surface area (Å²) < 4.78 is 16.0. The second-order valence-corrected chi connectivity index (χ2v) is 7.80. The Kier molecular flexibility index (Phi) is 6.92. The van der Waals surface area contributed by atoms with Gasteiger partial charge in [0, 0.05) is 36.3 Å². The highest BCUT2D eigenvalue weighted by molar-refractivity contribution is 5.93. The Balaban J connectivity index is 1.35. The summed E-state index contributed by atoms with van der Waals surface area (Å²) in [4.78, 5) is 15.0. The molecule has 1 aliphatic heterocycles. The summed E-state index contributed by atoms with van der Waals surface area (Å²) in [6.07, 6.45) is 1.49. The number of para-hydroxylation sites is 1. The minimum atomic E-state index is -0.0600. The molecule has 1 aliphatic rings. The van der Waals surface area contributed by atoms with E-state index < -0.39 is 0 Å². The fourth-order valence-electron chi connectivity index (χ4n) is 4.02. The van der Waals surface area contributed by atoms with Crippen LogP contribution in [-0.4, -0.2) is 50.5 Å². The van der Waals surface area contributed by atoms with E-state index in [2.05, 4.69) is 20.4 Å². The highest BCUT2D eigenvalue weighted by Crippen LogP contribution is 2.31. The minimum absolute atomic E-state index is 0.0134. The number of hydrogen-bond acceptors (Lipinski definition) is 7. The van der Waals surface area contributed by atoms with Crippen LogP contribution in [0.5, 0.6) is 17.2 Å². The third kappa shape index (κ3) is 5.00. The van der Waals surface area contributed by atoms with Gasteiger partial charge in [0.1, 0.15) is 5.75 Å². The first-order valence-corrected chi connectivity index (χ1v) is 10.9. The third-order valence-electron chi connectivity index (χ3n) is 5.87. The van der Waals surface area contributed by atoms with Gasteiger partial charge in [0.05, 0.1) is 27.0 Å². The SMILES string of the molecule is COc1ccc(NC(=O)C2CCN(c3ccc(-c4ccccc4OC)nn3)CC2)cc1OC. The Morgan fingerprint density at radius 2 is 1.61 bits per heavy atom. The second kappa shape index (κ2) is 10.2. The molecule has 0 bridgehead atoms. The molecule has 172 valence electrons. The van der Waals surface area contributed by atoms with Crippen molar-refractivity contribution in [3.05, 3.63) is 54.6 Å². The zero-order valence-corrected chi connectivity index (χ0v) is 19.1. The van der Waals surface area contributed by atoms with Crippen LogP contribution in [0.3, 0.4) is 0 Å². The molecule has 1 N–H and O–H groups in total. The first-order chi connectivity index (χ1) is 16.1. The Hall–Kier alpha value is -3.81. The topological polar surface area (TPSA) is 85.8 Å². The van der Waals surface area contributed by atoms with Gasteiger partial charge in [-0.15, -0.1) is 10.2 Å². The molecule has 0 spiro atoms.